The highest BCUT2D eigenvalue weighted by atomic mass is 19.1. The molecule has 0 spiro atoms. The van der Waals surface area contributed by atoms with Gasteiger partial charge in [-0.3, -0.25) is 4.79 Å². The predicted molar refractivity (Wildman–Crippen MR) is 186 cm³/mol. The number of aliphatic carboxylic acids is 1. The van der Waals surface area contributed by atoms with E-state index in [0.717, 1.165) is 39.9 Å². The van der Waals surface area contributed by atoms with Gasteiger partial charge in [0.2, 0.25) is 0 Å². The van der Waals surface area contributed by atoms with E-state index in [9.17, 15) is 33.3 Å². The molecule has 0 aliphatic rings. The first-order chi connectivity index (χ1) is 24.8. The first-order valence-corrected chi connectivity index (χ1v) is 16.3. The number of benzene rings is 3. The van der Waals surface area contributed by atoms with Crippen LogP contribution in [0.4, 0.5) is 13.2 Å². The van der Waals surface area contributed by atoms with E-state index in [4.69, 9.17) is 5.11 Å². The summed E-state index contributed by atoms with van der Waals surface area (Å²) >= 11 is 0. The van der Waals surface area contributed by atoms with E-state index in [1.807, 2.05) is 24.3 Å². The molecule has 6 aromatic rings. The quantitative estimate of drug-likeness (QED) is 0.123. The molecule has 3 aromatic carbocycles. The number of hydrogen-bond acceptors (Lipinski definition) is 8. The van der Waals surface area contributed by atoms with Crippen LogP contribution in [0.1, 0.15) is 44.0 Å². The Kier molecular flexibility index (Phi) is 12.0. The van der Waals surface area contributed by atoms with Crippen molar-refractivity contribution in [3.05, 3.63) is 127 Å². The van der Waals surface area contributed by atoms with Crippen LogP contribution in [0, 0.1) is 17.5 Å². The van der Waals surface area contributed by atoms with Gasteiger partial charge >= 0.3 is 5.97 Å². The second kappa shape index (κ2) is 16.6. The fraction of sp³-hybridized carbons (Fsp3) is 0.270. The van der Waals surface area contributed by atoms with Gasteiger partial charge in [-0.15, -0.1) is 0 Å². The van der Waals surface area contributed by atoms with Crippen molar-refractivity contribution in [1.29, 1.82) is 0 Å². The van der Waals surface area contributed by atoms with Crippen molar-refractivity contribution in [3.8, 4) is 11.1 Å². The van der Waals surface area contributed by atoms with Crippen LogP contribution in [0.2, 0.25) is 0 Å². The lowest BCUT2D eigenvalue weighted by Gasteiger charge is -2.28. The van der Waals surface area contributed by atoms with Crippen molar-refractivity contribution < 1.29 is 38.4 Å². The van der Waals surface area contributed by atoms with Crippen molar-refractivity contribution in [2.45, 2.75) is 63.6 Å². The summed E-state index contributed by atoms with van der Waals surface area (Å²) in [5.74, 6) is -2.99. The highest BCUT2D eigenvalue weighted by Crippen LogP contribution is 2.38. The third-order valence-electron chi connectivity index (χ3n) is 8.21. The van der Waals surface area contributed by atoms with Gasteiger partial charge in [0, 0.05) is 46.3 Å². The Hall–Kier alpha value is -5.64. The fourth-order valence-corrected chi connectivity index (χ4v) is 6.02. The van der Waals surface area contributed by atoms with Crippen LogP contribution in [0.25, 0.3) is 28.1 Å². The van der Waals surface area contributed by atoms with Gasteiger partial charge in [-0.1, -0.05) is 42.5 Å². The van der Waals surface area contributed by atoms with E-state index in [1.54, 1.807) is 24.3 Å². The number of hydrogen-bond donors (Lipinski definition) is 4. The highest BCUT2D eigenvalue weighted by molar-refractivity contribution is 6.01. The van der Waals surface area contributed by atoms with E-state index in [1.165, 1.54) is 52.9 Å². The molecule has 0 bridgehead atoms. The van der Waals surface area contributed by atoms with Crippen LogP contribution < -0.4 is 0 Å². The number of carboxylic acid groups (broad SMARTS) is 1. The van der Waals surface area contributed by atoms with Gasteiger partial charge in [-0.05, 0) is 49.8 Å². The summed E-state index contributed by atoms with van der Waals surface area (Å²) in [5, 5.41) is 48.6. The number of rotatable bonds is 13. The molecule has 0 radical (unpaired) electrons. The summed E-state index contributed by atoms with van der Waals surface area (Å²) in [7, 11) is 0. The van der Waals surface area contributed by atoms with Crippen molar-refractivity contribution in [1.82, 2.24) is 34.1 Å². The van der Waals surface area contributed by atoms with Gasteiger partial charge in [0.15, 0.2) is 0 Å². The molecular weight excluding hydrogens is 679 g/mol. The highest BCUT2D eigenvalue weighted by Gasteiger charge is 2.34. The fourth-order valence-electron chi connectivity index (χ4n) is 6.02. The lowest BCUT2D eigenvalue weighted by atomic mass is 9.93. The first-order valence-electron chi connectivity index (χ1n) is 16.3. The van der Waals surface area contributed by atoms with Crippen LogP contribution in [0.5, 0.6) is 0 Å². The maximum Gasteiger partial charge on any atom is 0.305 e. The summed E-state index contributed by atoms with van der Waals surface area (Å²) in [5.41, 5.74) is 1.90. The molecule has 3 heterocycles. The van der Waals surface area contributed by atoms with Gasteiger partial charge < -0.3 is 25.0 Å². The molecule has 15 heteroatoms. The Morgan fingerprint density at radius 3 is 2.06 bits per heavy atom. The summed E-state index contributed by atoms with van der Waals surface area (Å²) in [6.45, 7) is 3.97. The average Bonchev–Trinajstić information content (AvgIpc) is 3.85. The molecule has 52 heavy (non-hydrogen) atoms. The Labute approximate surface area is 296 Å². The summed E-state index contributed by atoms with van der Waals surface area (Å²) in [6.07, 6.45) is 6.13. The minimum absolute atomic E-state index is 0.0556. The zero-order valence-electron chi connectivity index (χ0n) is 28.3. The number of aliphatic hydroxyl groups excluding tert-OH is 2. The van der Waals surface area contributed by atoms with Crippen molar-refractivity contribution in [2.75, 3.05) is 0 Å². The molecule has 0 saturated carbocycles. The number of para-hydroxylation sites is 1. The molecule has 0 amide bonds. The molecule has 12 nitrogen and oxygen atoms in total. The van der Waals surface area contributed by atoms with Crippen LogP contribution in [-0.2, 0) is 23.5 Å². The maximum atomic E-state index is 14.1. The smallest absolute Gasteiger partial charge is 0.305 e. The Bertz CT molecular complexity index is 2060. The van der Waals surface area contributed by atoms with Gasteiger partial charge in [-0.2, -0.15) is 10.2 Å². The zero-order chi connectivity index (χ0) is 37.4. The van der Waals surface area contributed by atoms with Crippen LogP contribution >= 0.6 is 0 Å². The summed E-state index contributed by atoms with van der Waals surface area (Å²) < 4.78 is 45.6. The number of carbonyl (C=O) groups is 1. The standard InChI is InChI=1S/C24H26FNO4.C13H12F2N6O/c1-15(2)26-21-6-4-3-5-20(21)24(16-7-9-17(25)10-8-16)22(26)12-11-18(27)13-19(28)14-23(29)30;14-10-1-2-11(12(15)3-10)13(22,4-20-8-16-6-18-20)5-21-9-17-7-19-21/h3-12,15,18-19,27-28H,13-14H2,1-2H3,(H,29,30);1-3,6-9,22H,4-5H2/b12-11+;/t18-,19-;/m1./s1. The normalized spacial score (nSPS) is 13.0. The van der Waals surface area contributed by atoms with E-state index in [-0.39, 0.29) is 36.9 Å². The second-order valence-electron chi connectivity index (χ2n) is 12.5. The van der Waals surface area contributed by atoms with Crippen LogP contribution in [-0.4, -0.2) is 72.7 Å². The van der Waals surface area contributed by atoms with Crippen molar-refractivity contribution in [3.63, 3.8) is 0 Å². The van der Waals surface area contributed by atoms with Gasteiger partial charge in [0.25, 0.3) is 0 Å². The SMILES string of the molecule is CC(C)n1c(/C=C/[C@@H](O)C[C@@H](O)CC(=O)O)c(-c2ccc(F)cc2)c2ccccc21.OC(Cn1cncn1)(Cn1cncn1)c1ccc(F)cc1F. The molecule has 4 N–H and O–H groups in total. The Balaban J connectivity index is 0.000000210. The number of aliphatic hydroxyl groups is 3. The molecule has 0 fully saturated rings. The lowest BCUT2D eigenvalue weighted by molar-refractivity contribution is -0.139. The number of aromatic nitrogens is 7. The molecule has 0 aliphatic heterocycles. The first kappa shape index (κ1) is 37.6. The number of nitrogens with zero attached hydrogens (tertiary/aromatic N) is 7. The molecule has 6 rings (SSSR count). The average molecular weight is 718 g/mol. The minimum atomic E-state index is -1.70. The Morgan fingerprint density at radius 2 is 1.50 bits per heavy atom. The van der Waals surface area contributed by atoms with Crippen LogP contribution in [0.3, 0.4) is 0 Å². The Morgan fingerprint density at radius 1 is 0.885 bits per heavy atom. The topological polar surface area (TPSA) is 164 Å². The number of fused-ring (bicyclic) bond motifs is 1. The summed E-state index contributed by atoms with van der Waals surface area (Å²) in [4.78, 5) is 18.3. The predicted octanol–water partition coefficient (Wildman–Crippen LogP) is 5.36. The minimum Gasteiger partial charge on any atom is -0.481 e. The van der Waals surface area contributed by atoms with Crippen molar-refractivity contribution in [2.24, 2.45) is 0 Å². The summed E-state index contributed by atoms with van der Waals surface area (Å²) in [6, 6.07) is 17.4. The van der Waals surface area contributed by atoms with E-state index in [0.29, 0.717) is 0 Å². The lowest BCUT2D eigenvalue weighted by Crippen LogP contribution is -2.37. The third-order valence-corrected chi connectivity index (χ3v) is 8.21. The molecule has 3 aromatic heterocycles. The molecule has 0 unspecified atom stereocenters. The van der Waals surface area contributed by atoms with Crippen LogP contribution in [0.15, 0.2) is 98.1 Å². The third kappa shape index (κ3) is 9.17. The molecule has 0 saturated heterocycles. The second-order valence-corrected chi connectivity index (χ2v) is 12.5. The monoisotopic (exact) mass is 717 g/mol. The van der Waals surface area contributed by atoms with Gasteiger partial charge in [-0.25, -0.2) is 32.5 Å². The van der Waals surface area contributed by atoms with Gasteiger partial charge in [0.05, 0.1) is 31.7 Å². The molecule has 0 aliphatic carbocycles. The maximum absolute atomic E-state index is 14.1. The molecular formula is C37H38F3N7O5. The van der Waals surface area contributed by atoms with Crippen molar-refractivity contribution >= 4 is 22.9 Å². The largest absolute Gasteiger partial charge is 0.481 e. The van der Waals surface area contributed by atoms with E-state index >= 15 is 0 Å². The molecule has 272 valence electrons. The molecule has 2 atom stereocenters. The van der Waals surface area contributed by atoms with Gasteiger partial charge in [0.1, 0.15) is 48.4 Å². The van der Waals surface area contributed by atoms with E-state index in [2.05, 4.69) is 38.6 Å². The van der Waals surface area contributed by atoms with E-state index < -0.39 is 41.8 Å². The number of carboxylic acids is 1. The zero-order valence-corrected chi connectivity index (χ0v) is 28.3. The number of halogens is 3.